The second-order valence-electron chi connectivity index (χ2n) is 4.23. The summed E-state index contributed by atoms with van der Waals surface area (Å²) in [7, 11) is 0. The first-order valence-corrected chi connectivity index (χ1v) is 6.36. The summed E-state index contributed by atoms with van der Waals surface area (Å²) < 4.78 is 40.9. The molecule has 0 bridgehead atoms. The van der Waals surface area contributed by atoms with Crippen molar-refractivity contribution < 1.29 is 17.9 Å². The maximum Gasteiger partial charge on any atom is 0.389 e. The Hall–Kier alpha value is -1.30. The Kier molecular flexibility index (Phi) is 6.62. The lowest BCUT2D eigenvalue weighted by Crippen LogP contribution is -2.14. The highest BCUT2D eigenvalue weighted by molar-refractivity contribution is 5.19. The largest absolute Gasteiger partial charge is 0.492 e. The van der Waals surface area contributed by atoms with Crippen molar-refractivity contribution in [2.45, 2.75) is 38.9 Å². The highest BCUT2D eigenvalue weighted by atomic mass is 19.4. The Bertz CT molecular complexity index is 352. The normalized spacial score (nSPS) is 11.6. The van der Waals surface area contributed by atoms with Crippen molar-refractivity contribution >= 4 is 0 Å². The highest BCUT2D eigenvalue weighted by Crippen LogP contribution is 2.21. The van der Waals surface area contributed by atoms with E-state index in [1.807, 2.05) is 6.07 Å². The molecule has 0 fully saturated rings. The molecule has 1 heterocycles. The summed E-state index contributed by atoms with van der Waals surface area (Å²) >= 11 is 0. The molecule has 19 heavy (non-hydrogen) atoms. The van der Waals surface area contributed by atoms with Crippen LogP contribution in [0.15, 0.2) is 18.3 Å². The van der Waals surface area contributed by atoms with Crippen LogP contribution in [0.5, 0.6) is 5.75 Å². The van der Waals surface area contributed by atoms with Crippen LogP contribution in [0.2, 0.25) is 0 Å². The van der Waals surface area contributed by atoms with E-state index >= 15 is 0 Å². The summed E-state index contributed by atoms with van der Waals surface area (Å²) in [4.78, 5) is 4.17. The van der Waals surface area contributed by atoms with Crippen molar-refractivity contribution in [1.82, 2.24) is 10.3 Å². The number of nitrogens with zero attached hydrogens (tertiary/aromatic N) is 1. The van der Waals surface area contributed by atoms with E-state index in [2.05, 4.69) is 17.2 Å². The smallest absolute Gasteiger partial charge is 0.389 e. The minimum absolute atomic E-state index is 0.0384. The fourth-order valence-corrected chi connectivity index (χ4v) is 1.46. The van der Waals surface area contributed by atoms with E-state index in [-0.39, 0.29) is 13.0 Å². The molecule has 0 radical (unpaired) electrons. The molecule has 0 amide bonds. The van der Waals surface area contributed by atoms with E-state index < -0.39 is 12.6 Å². The maximum absolute atomic E-state index is 11.9. The molecule has 0 atom stereocenters. The molecule has 0 aliphatic rings. The van der Waals surface area contributed by atoms with Gasteiger partial charge in [0.05, 0.1) is 18.5 Å². The average molecular weight is 276 g/mol. The zero-order chi connectivity index (χ0) is 14.1. The molecule has 0 spiro atoms. The van der Waals surface area contributed by atoms with E-state index in [0.717, 1.165) is 18.7 Å². The van der Waals surface area contributed by atoms with Gasteiger partial charge in [-0.05, 0) is 31.5 Å². The molecular weight excluding hydrogens is 257 g/mol. The Balaban J connectivity index is 2.24. The zero-order valence-corrected chi connectivity index (χ0v) is 11.0. The third kappa shape index (κ3) is 7.66. The predicted octanol–water partition coefficient (Wildman–Crippen LogP) is 3.30. The summed E-state index contributed by atoms with van der Waals surface area (Å²) in [6.45, 7) is 3.74. The molecule has 1 aromatic rings. The second kappa shape index (κ2) is 7.99. The summed E-state index contributed by atoms with van der Waals surface area (Å²) in [6, 6.07) is 3.53. The van der Waals surface area contributed by atoms with Crippen LogP contribution >= 0.6 is 0 Å². The summed E-state index contributed by atoms with van der Waals surface area (Å²) in [5, 5.41) is 3.21. The van der Waals surface area contributed by atoms with Gasteiger partial charge in [-0.15, -0.1) is 0 Å². The molecule has 108 valence electrons. The first-order chi connectivity index (χ1) is 9.01. The Morgan fingerprint density at radius 1 is 1.32 bits per heavy atom. The maximum atomic E-state index is 11.9. The van der Waals surface area contributed by atoms with Gasteiger partial charge in [0.2, 0.25) is 0 Å². The lowest BCUT2D eigenvalue weighted by Gasteiger charge is -2.08. The van der Waals surface area contributed by atoms with Gasteiger partial charge in [0, 0.05) is 13.0 Å². The number of aromatic nitrogens is 1. The van der Waals surface area contributed by atoms with Crippen molar-refractivity contribution in [3.05, 3.63) is 24.0 Å². The van der Waals surface area contributed by atoms with E-state index in [9.17, 15) is 13.2 Å². The molecule has 0 saturated carbocycles. The SMILES string of the molecule is CCCNCc1ccc(OCCCC(F)(F)F)cn1. The topological polar surface area (TPSA) is 34.1 Å². The van der Waals surface area contributed by atoms with Crippen LogP contribution in [-0.2, 0) is 6.54 Å². The fraction of sp³-hybridized carbons (Fsp3) is 0.615. The Morgan fingerprint density at radius 2 is 2.11 bits per heavy atom. The lowest BCUT2D eigenvalue weighted by atomic mass is 10.3. The number of rotatable bonds is 8. The van der Waals surface area contributed by atoms with Gasteiger partial charge in [-0.1, -0.05) is 6.92 Å². The Morgan fingerprint density at radius 3 is 2.68 bits per heavy atom. The van der Waals surface area contributed by atoms with Crippen LogP contribution in [0.4, 0.5) is 13.2 Å². The molecule has 0 aliphatic heterocycles. The van der Waals surface area contributed by atoms with Gasteiger partial charge in [0.1, 0.15) is 5.75 Å². The lowest BCUT2D eigenvalue weighted by molar-refractivity contribution is -0.136. The van der Waals surface area contributed by atoms with Crippen LogP contribution in [0.25, 0.3) is 0 Å². The molecule has 1 aromatic heterocycles. The quantitative estimate of drug-likeness (QED) is 0.740. The molecule has 6 heteroatoms. The third-order valence-corrected chi connectivity index (χ3v) is 2.40. The van der Waals surface area contributed by atoms with Crippen molar-refractivity contribution in [2.75, 3.05) is 13.2 Å². The van der Waals surface area contributed by atoms with Gasteiger partial charge in [-0.2, -0.15) is 13.2 Å². The number of alkyl halides is 3. The molecule has 1 N–H and O–H groups in total. The van der Waals surface area contributed by atoms with Crippen molar-refractivity contribution in [2.24, 2.45) is 0 Å². The zero-order valence-electron chi connectivity index (χ0n) is 11.0. The van der Waals surface area contributed by atoms with E-state index in [4.69, 9.17) is 4.74 Å². The van der Waals surface area contributed by atoms with Crippen LogP contribution in [-0.4, -0.2) is 24.3 Å². The minimum Gasteiger partial charge on any atom is -0.492 e. The summed E-state index contributed by atoms with van der Waals surface area (Å²) in [6.07, 6.45) is -2.38. The third-order valence-electron chi connectivity index (χ3n) is 2.40. The second-order valence-corrected chi connectivity index (χ2v) is 4.23. The van der Waals surface area contributed by atoms with Crippen LogP contribution in [0.1, 0.15) is 31.9 Å². The molecule has 0 aromatic carbocycles. The number of nitrogens with one attached hydrogen (secondary N) is 1. The van der Waals surface area contributed by atoms with Crippen LogP contribution < -0.4 is 10.1 Å². The van der Waals surface area contributed by atoms with Crippen molar-refractivity contribution in [1.29, 1.82) is 0 Å². The van der Waals surface area contributed by atoms with Gasteiger partial charge >= 0.3 is 6.18 Å². The van der Waals surface area contributed by atoms with Crippen molar-refractivity contribution in [3.63, 3.8) is 0 Å². The van der Waals surface area contributed by atoms with E-state index in [1.165, 1.54) is 6.20 Å². The number of hydrogen-bond acceptors (Lipinski definition) is 3. The number of pyridine rings is 1. The average Bonchev–Trinajstić information content (AvgIpc) is 2.36. The van der Waals surface area contributed by atoms with E-state index in [1.54, 1.807) is 6.07 Å². The van der Waals surface area contributed by atoms with E-state index in [0.29, 0.717) is 12.3 Å². The number of ether oxygens (including phenoxy) is 1. The molecule has 1 rings (SSSR count). The monoisotopic (exact) mass is 276 g/mol. The first kappa shape index (κ1) is 15.8. The highest BCUT2D eigenvalue weighted by Gasteiger charge is 2.26. The standard InChI is InChI=1S/C13H19F3N2O/c1-2-7-17-9-11-4-5-12(10-18-11)19-8-3-6-13(14,15)16/h4-5,10,17H,2-3,6-9H2,1H3. The molecule has 0 saturated heterocycles. The minimum atomic E-state index is -4.11. The summed E-state index contributed by atoms with van der Waals surface area (Å²) in [5.41, 5.74) is 0.885. The van der Waals surface area contributed by atoms with Gasteiger partial charge in [0.15, 0.2) is 0 Å². The Labute approximate surface area is 111 Å². The van der Waals surface area contributed by atoms with Crippen LogP contribution in [0, 0.1) is 0 Å². The molecule has 3 nitrogen and oxygen atoms in total. The molecule has 0 unspecified atom stereocenters. The first-order valence-electron chi connectivity index (χ1n) is 6.36. The van der Waals surface area contributed by atoms with Gasteiger partial charge in [-0.25, -0.2) is 0 Å². The van der Waals surface area contributed by atoms with Gasteiger partial charge in [-0.3, -0.25) is 4.98 Å². The van der Waals surface area contributed by atoms with Crippen molar-refractivity contribution in [3.8, 4) is 5.75 Å². The van der Waals surface area contributed by atoms with Gasteiger partial charge < -0.3 is 10.1 Å². The summed E-state index contributed by atoms with van der Waals surface area (Å²) in [5.74, 6) is 0.501. The van der Waals surface area contributed by atoms with Gasteiger partial charge in [0.25, 0.3) is 0 Å². The molecule has 0 aliphatic carbocycles. The fourth-order valence-electron chi connectivity index (χ4n) is 1.46. The molecular formula is C13H19F3N2O. The van der Waals surface area contributed by atoms with Crippen LogP contribution in [0.3, 0.4) is 0 Å². The number of halogens is 3. The predicted molar refractivity (Wildman–Crippen MR) is 67.0 cm³/mol. The number of hydrogen-bond donors (Lipinski definition) is 1.